The molecule has 1 amide bonds. The van der Waals surface area contributed by atoms with Crippen molar-refractivity contribution in [2.75, 3.05) is 11.4 Å². The summed E-state index contributed by atoms with van der Waals surface area (Å²) in [4.78, 5) is 14.5. The van der Waals surface area contributed by atoms with Gasteiger partial charge in [0.1, 0.15) is 18.1 Å². The summed E-state index contributed by atoms with van der Waals surface area (Å²) < 4.78 is 10.9. The number of anilines is 1. The topological polar surface area (TPSA) is 55.6 Å². The minimum absolute atomic E-state index is 0.0315. The first-order valence-corrected chi connectivity index (χ1v) is 8.61. The predicted molar refractivity (Wildman–Crippen MR) is 101 cm³/mol. The predicted octanol–water partition coefficient (Wildman–Crippen LogP) is 4.54. The first-order valence-electron chi connectivity index (χ1n) is 8.61. The highest BCUT2D eigenvalue weighted by Gasteiger charge is 2.16. The van der Waals surface area contributed by atoms with Crippen molar-refractivity contribution < 1.29 is 14.1 Å². The molecule has 0 fully saturated rings. The van der Waals surface area contributed by atoms with Crippen LogP contribution in [0.25, 0.3) is 0 Å². The Morgan fingerprint density at radius 1 is 1.08 bits per heavy atom. The lowest BCUT2D eigenvalue weighted by atomic mass is 10.1. The normalized spacial score (nSPS) is 10.6. The number of ether oxygens (including phenoxy) is 1. The number of hydrogen-bond donors (Lipinski definition) is 0. The van der Waals surface area contributed by atoms with Crippen LogP contribution < -0.4 is 9.64 Å². The third-order valence-electron chi connectivity index (χ3n) is 4.29. The largest absolute Gasteiger partial charge is 0.489 e. The van der Waals surface area contributed by atoms with Crippen LogP contribution in [0.15, 0.2) is 59.1 Å². The summed E-state index contributed by atoms with van der Waals surface area (Å²) in [7, 11) is 0. The van der Waals surface area contributed by atoms with Crippen LogP contribution in [-0.4, -0.2) is 17.6 Å². The first kappa shape index (κ1) is 17.7. The van der Waals surface area contributed by atoms with Gasteiger partial charge in [0.25, 0.3) is 5.91 Å². The Labute approximate surface area is 153 Å². The third-order valence-corrected chi connectivity index (χ3v) is 4.29. The molecule has 5 heteroatoms. The number of carbonyl (C=O) groups excluding carboxylic acids is 1. The molecule has 0 aliphatic heterocycles. The van der Waals surface area contributed by atoms with Gasteiger partial charge in [-0.3, -0.25) is 4.79 Å². The number of para-hydroxylation sites is 1. The van der Waals surface area contributed by atoms with Gasteiger partial charge >= 0.3 is 0 Å². The molecular formula is C21H22N2O3. The number of nitrogens with zero attached hydrogens (tertiary/aromatic N) is 2. The average Bonchev–Trinajstić information content (AvgIpc) is 2.99. The van der Waals surface area contributed by atoms with Gasteiger partial charge in [-0.1, -0.05) is 23.4 Å². The monoisotopic (exact) mass is 350 g/mol. The summed E-state index contributed by atoms with van der Waals surface area (Å²) in [6.07, 6.45) is 0. The van der Waals surface area contributed by atoms with Crippen molar-refractivity contribution >= 4 is 11.6 Å². The van der Waals surface area contributed by atoms with Gasteiger partial charge in [0.15, 0.2) is 0 Å². The number of rotatable bonds is 6. The molecule has 5 nitrogen and oxygen atoms in total. The minimum Gasteiger partial charge on any atom is -0.489 e. The molecule has 0 bridgehead atoms. The van der Waals surface area contributed by atoms with Gasteiger partial charge in [-0.2, -0.15) is 0 Å². The van der Waals surface area contributed by atoms with E-state index in [4.69, 9.17) is 9.26 Å². The smallest absolute Gasteiger partial charge is 0.258 e. The summed E-state index contributed by atoms with van der Waals surface area (Å²) >= 11 is 0. The zero-order valence-corrected chi connectivity index (χ0v) is 15.2. The van der Waals surface area contributed by atoms with Crippen molar-refractivity contribution in [3.05, 3.63) is 77.2 Å². The average molecular weight is 350 g/mol. The number of hydrogen-bond acceptors (Lipinski definition) is 4. The van der Waals surface area contributed by atoms with Crippen LogP contribution in [0.4, 0.5) is 5.69 Å². The fourth-order valence-corrected chi connectivity index (χ4v) is 2.76. The Bertz CT molecular complexity index is 851. The second-order valence-electron chi connectivity index (χ2n) is 6.00. The maximum atomic E-state index is 12.8. The van der Waals surface area contributed by atoms with Gasteiger partial charge in [-0.15, -0.1) is 0 Å². The molecule has 0 unspecified atom stereocenters. The van der Waals surface area contributed by atoms with Crippen LogP contribution >= 0.6 is 0 Å². The Morgan fingerprint density at radius 2 is 1.77 bits per heavy atom. The van der Waals surface area contributed by atoms with E-state index in [1.165, 1.54) is 0 Å². The quantitative estimate of drug-likeness (QED) is 0.655. The maximum Gasteiger partial charge on any atom is 0.258 e. The summed E-state index contributed by atoms with van der Waals surface area (Å²) in [5, 5.41) is 3.92. The van der Waals surface area contributed by atoms with Crippen molar-refractivity contribution in [1.82, 2.24) is 5.16 Å². The Morgan fingerprint density at radius 3 is 2.35 bits per heavy atom. The van der Waals surface area contributed by atoms with E-state index in [2.05, 4.69) is 5.16 Å². The summed E-state index contributed by atoms with van der Waals surface area (Å²) in [6.45, 7) is 6.71. The van der Waals surface area contributed by atoms with Gasteiger partial charge < -0.3 is 14.2 Å². The molecule has 3 rings (SSSR count). The molecular weight excluding hydrogens is 328 g/mol. The first-order chi connectivity index (χ1) is 12.6. The molecule has 2 aromatic carbocycles. The molecule has 0 atom stereocenters. The summed E-state index contributed by atoms with van der Waals surface area (Å²) in [6, 6.07) is 16.9. The molecule has 26 heavy (non-hydrogen) atoms. The van der Waals surface area contributed by atoms with Gasteiger partial charge in [-0.25, -0.2) is 0 Å². The lowest BCUT2D eigenvalue weighted by molar-refractivity contribution is 0.0988. The van der Waals surface area contributed by atoms with Crippen molar-refractivity contribution in [2.45, 2.75) is 27.4 Å². The molecule has 1 heterocycles. The molecule has 3 aromatic rings. The van der Waals surface area contributed by atoms with Crippen molar-refractivity contribution in [3.8, 4) is 5.75 Å². The highest BCUT2D eigenvalue weighted by Crippen LogP contribution is 2.20. The zero-order chi connectivity index (χ0) is 18.5. The van der Waals surface area contributed by atoms with E-state index >= 15 is 0 Å². The van der Waals surface area contributed by atoms with E-state index in [1.54, 1.807) is 17.0 Å². The molecule has 0 radical (unpaired) electrons. The van der Waals surface area contributed by atoms with Gasteiger partial charge in [0.2, 0.25) is 0 Å². The van der Waals surface area contributed by atoms with Gasteiger partial charge in [0.05, 0.1) is 11.3 Å². The molecule has 0 aliphatic rings. The molecule has 0 N–H and O–H groups in total. The number of carbonyl (C=O) groups is 1. The summed E-state index contributed by atoms with van der Waals surface area (Å²) in [5.41, 5.74) is 3.29. The standard InChI is InChI=1S/C21H22N2O3/c1-4-23(18-8-6-5-7-9-18)21(24)17-10-12-19(13-11-17)25-14-20-15(2)22-26-16(20)3/h5-13H,4,14H2,1-3H3. The zero-order valence-electron chi connectivity index (χ0n) is 15.2. The van der Waals surface area contributed by atoms with E-state index < -0.39 is 0 Å². The Kier molecular flexibility index (Phi) is 5.37. The molecule has 1 aromatic heterocycles. The van der Waals surface area contributed by atoms with Crippen LogP contribution in [0.3, 0.4) is 0 Å². The van der Waals surface area contributed by atoms with E-state index in [9.17, 15) is 4.79 Å². The van der Waals surface area contributed by atoms with Gasteiger partial charge in [0, 0.05) is 17.8 Å². The van der Waals surface area contributed by atoms with E-state index in [0.29, 0.717) is 24.5 Å². The highest BCUT2D eigenvalue weighted by atomic mass is 16.5. The molecule has 0 saturated heterocycles. The number of aromatic nitrogens is 1. The molecule has 0 spiro atoms. The van der Waals surface area contributed by atoms with Crippen LogP contribution in [0.5, 0.6) is 5.75 Å². The minimum atomic E-state index is -0.0315. The lowest BCUT2D eigenvalue weighted by Gasteiger charge is -2.21. The maximum absolute atomic E-state index is 12.8. The molecule has 134 valence electrons. The second kappa shape index (κ2) is 7.87. The van der Waals surface area contributed by atoms with E-state index in [-0.39, 0.29) is 5.91 Å². The molecule has 0 saturated carbocycles. The van der Waals surface area contributed by atoms with Crippen LogP contribution in [0.1, 0.15) is 34.3 Å². The van der Waals surface area contributed by atoms with Crippen molar-refractivity contribution in [3.63, 3.8) is 0 Å². The Hall–Kier alpha value is -3.08. The highest BCUT2D eigenvalue weighted by molar-refractivity contribution is 6.06. The lowest BCUT2D eigenvalue weighted by Crippen LogP contribution is -2.30. The van der Waals surface area contributed by atoms with Crippen molar-refractivity contribution in [1.29, 1.82) is 0 Å². The third kappa shape index (κ3) is 3.77. The summed E-state index contributed by atoms with van der Waals surface area (Å²) in [5.74, 6) is 1.43. The molecule has 0 aliphatic carbocycles. The second-order valence-corrected chi connectivity index (χ2v) is 6.00. The SMILES string of the molecule is CCN(C(=O)c1ccc(OCc2c(C)noc2C)cc1)c1ccccc1. The number of aryl methyl sites for hydroxylation is 2. The number of benzene rings is 2. The fourth-order valence-electron chi connectivity index (χ4n) is 2.76. The Balaban J connectivity index is 1.69. The van der Waals surface area contributed by atoms with Crippen LogP contribution in [0, 0.1) is 13.8 Å². The fraction of sp³-hybridized carbons (Fsp3) is 0.238. The van der Waals surface area contributed by atoms with E-state index in [1.807, 2.05) is 63.2 Å². The van der Waals surface area contributed by atoms with Crippen LogP contribution in [0.2, 0.25) is 0 Å². The van der Waals surface area contributed by atoms with Gasteiger partial charge in [-0.05, 0) is 57.2 Å². The van der Waals surface area contributed by atoms with Crippen LogP contribution in [-0.2, 0) is 6.61 Å². The van der Waals surface area contributed by atoms with E-state index in [0.717, 1.165) is 22.7 Å². The van der Waals surface area contributed by atoms with Crippen molar-refractivity contribution in [2.24, 2.45) is 0 Å². The number of amides is 1.